The maximum absolute atomic E-state index is 12.9. The number of anilines is 1. The zero-order chi connectivity index (χ0) is 18.9. The third-order valence-corrected chi connectivity index (χ3v) is 6.91. The molecule has 0 unspecified atom stereocenters. The number of thioether (sulfide) groups is 1. The molecule has 6 heteroatoms. The fraction of sp³-hybridized carbons (Fsp3) is 0.429. The lowest BCUT2D eigenvalue weighted by Crippen LogP contribution is -2.41. The number of hydrogen-bond donors (Lipinski definition) is 1. The SMILES string of the molecule is CCSc1ccc(CNC(=O)N2CC3(CCCC3)c3nc(Br)ccc32)cc1. The van der Waals surface area contributed by atoms with Crippen LogP contribution in [-0.4, -0.2) is 23.3 Å². The number of aromatic nitrogens is 1. The maximum atomic E-state index is 12.9. The molecule has 1 fully saturated rings. The van der Waals surface area contributed by atoms with Gasteiger partial charge in [0.05, 0.1) is 11.4 Å². The number of pyridine rings is 1. The average molecular weight is 446 g/mol. The molecule has 2 aliphatic rings. The first-order valence-corrected chi connectivity index (χ1v) is 11.3. The topological polar surface area (TPSA) is 45.2 Å². The van der Waals surface area contributed by atoms with Gasteiger partial charge in [-0.3, -0.25) is 4.90 Å². The van der Waals surface area contributed by atoms with Crippen molar-refractivity contribution in [2.75, 3.05) is 17.2 Å². The minimum atomic E-state index is -0.0313. The molecular formula is C21H24BrN3OS. The van der Waals surface area contributed by atoms with Crippen molar-refractivity contribution < 1.29 is 4.79 Å². The predicted molar refractivity (Wildman–Crippen MR) is 115 cm³/mol. The molecule has 0 saturated heterocycles. The van der Waals surface area contributed by atoms with Crippen LogP contribution in [0.25, 0.3) is 0 Å². The van der Waals surface area contributed by atoms with E-state index in [9.17, 15) is 4.79 Å². The molecule has 0 atom stereocenters. The first-order chi connectivity index (χ1) is 13.1. The summed E-state index contributed by atoms with van der Waals surface area (Å²) in [6.07, 6.45) is 4.66. The van der Waals surface area contributed by atoms with E-state index in [2.05, 4.69) is 52.4 Å². The molecule has 1 spiro atoms. The number of benzene rings is 1. The van der Waals surface area contributed by atoms with Crippen molar-refractivity contribution in [1.82, 2.24) is 10.3 Å². The standard InChI is InChI=1S/C21H24BrN3OS/c1-2-27-16-7-5-15(6-8-16)13-23-20(26)25-14-21(11-3-4-12-21)19-17(25)9-10-18(22)24-19/h5-10H,2-4,11-14H2,1H3,(H,23,26). The molecule has 27 heavy (non-hydrogen) atoms. The van der Waals surface area contributed by atoms with Gasteiger partial charge in [0.2, 0.25) is 0 Å². The molecule has 1 aliphatic heterocycles. The lowest BCUT2D eigenvalue weighted by molar-refractivity contribution is 0.245. The highest BCUT2D eigenvalue weighted by Gasteiger charge is 2.47. The normalized spacial score (nSPS) is 17.3. The molecule has 1 aliphatic carbocycles. The Balaban J connectivity index is 1.48. The number of nitrogens with zero attached hydrogens (tertiary/aromatic N) is 2. The van der Waals surface area contributed by atoms with Gasteiger partial charge in [0.25, 0.3) is 0 Å². The number of nitrogens with one attached hydrogen (secondary N) is 1. The number of halogens is 1. The van der Waals surface area contributed by atoms with E-state index in [1.807, 2.05) is 28.8 Å². The molecule has 1 aromatic carbocycles. The number of carbonyl (C=O) groups excluding carboxylic acids is 1. The van der Waals surface area contributed by atoms with Gasteiger partial charge in [-0.2, -0.15) is 0 Å². The number of hydrogen-bond acceptors (Lipinski definition) is 3. The van der Waals surface area contributed by atoms with Crippen LogP contribution in [-0.2, 0) is 12.0 Å². The summed E-state index contributed by atoms with van der Waals surface area (Å²) in [5, 5.41) is 3.09. The number of carbonyl (C=O) groups is 1. The fourth-order valence-corrected chi connectivity index (χ4v) is 5.24. The number of urea groups is 1. The van der Waals surface area contributed by atoms with E-state index in [1.165, 1.54) is 17.7 Å². The van der Waals surface area contributed by atoms with Gasteiger partial charge in [-0.25, -0.2) is 9.78 Å². The molecule has 4 rings (SSSR count). The van der Waals surface area contributed by atoms with Gasteiger partial charge in [0, 0.05) is 23.4 Å². The van der Waals surface area contributed by atoms with Gasteiger partial charge in [-0.1, -0.05) is 31.9 Å². The highest BCUT2D eigenvalue weighted by molar-refractivity contribution is 9.10. The Hall–Kier alpha value is -1.53. The van der Waals surface area contributed by atoms with Crippen molar-refractivity contribution >= 4 is 39.4 Å². The van der Waals surface area contributed by atoms with Crippen LogP contribution in [0, 0.1) is 0 Å². The molecular weight excluding hydrogens is 422 g/mol. The minimum Gasteiger partial charge on any atom is -0.334 e. The fourth-order valence-electron chi connectivity index (χ4n) is 4.27. The van der Waals surface area contributed by atoms with Crippen LogP contribution in [0.2, 0.25) is 0 Å². The molecule has 142 valence electrons. The van der Waals surface area contributed by atoms with Gasteiger partial charge < -0.3 is 5.32 Å². The zero-order valence-electron chi connectivity index (χ0n) is 15.5. The molecule has 0 radical (unpaired) electrons. The van der Waals surface area contributed by atoms with Crippen molar-refractivity contribution in [2.45, 2.75) is 49.5 Å². The summed E-state index contributed by atoms with van der Waals surface area (Å²) in [5.74, 6) is 1.07. The highest BCUT2D eigenvalue weighted by Crippen LogP contribution is 2.49. The quantitative estimate of drug-likeness (QED) is 0.499. The lowest BCUT2D eigenvalue weighted by atomic mass is 9.84. The first-order valence-electron chi connectivity index (χ1n) is 9.55. The van der Waals surface area contributed by atoms with E-state index >= 15 is 0 Å². The van der Waals surface area contributed by atoms with Gasteiger partial charge in [0.1, 0.15) is 4.60 Å². The molecule has 1 N–H and O–H groups in total. The molecule has 4 nitrogen and oxygen atoms in total. The van der Waals surface area contributed by atoms with Gasteiger partial charge >= 0.3 is 6.03 Å². The second kappa shape index (κ2) is 7.84. The Kier molecular flexibility index (Phi) is 5.46. The summed E-state index contributed by atoms with van der Waals surface area (Å²) in [7, 11) is 0. The molecule has 0 bridgehead atoms. The largest absolute Gasteiger partial charge is 0.334 e. The monoisotopic (exact) mass is 445 g/mol. The number of rotatable bonds is 4. The Morgan fingerprint density at radius 1 is 1.22 bits per heavy atom. The van der Waals surface area contributed by atoms with Crippen LogP contribution in [0.3, 0.4) is 0 Å². The lowest BCUT2D eigenvalue weighted by Gasteiger charge is -2.24. The van der Waals surface area contributed by atoms with Crippen LogP contribution < -0.4 is 10.2 Å². The molecule has 1 aromatic heterocycles. The van der Waals surface area contributed by atoms with Crippen LogP contribution in [0.5, 0.6) is 0 Å². The smallest absolute Gasteiger partial charge is 0.322 e. The van der Waals surface area contributed by atoms with E-state index < -0.39 is 0 Å². The molecule has 2 aromatic rings. The van der Waals surface area contributed by atoms with Crippen molar-refractivity contribution in [3.8, 4) is 0 Å². The Morgan fingerprint density at radius 3 is 2.67 bits per heavy atom. The van der Waals surface area contributed by atoms with E-state index in [0.29, 0.717) is 6.54 Å². The van der Waals surface area contributed by atoms with E-state index in [-0.39, 0.29) is 11.4 Å². The Bertz CT molecular complexity index is 834. The third kappa shape index (κ3) is 3.74. The Labute approximate surface area is 173 Å². The average Bonchev–Trinajstić information content (AvgIpc) is 3.27. The molecule has 2 amide bonds. The van der Waals surface area contributed by atoms with Gasteiger partial charge in [-0.15, -0.1) is 11.8 Å². The second-order valence-corrected chi connectivity index (χ2v) is 9.46. The summed E-state index contributed by atoms with van der Waals surface area (Å²) >= 11 is 5.33. The van der Waals surface area contributed by atoms with Gasteiger partial charge in [0.15, 0.2) is 0 Å². The summed E-state index contributed by atoms with van der Waals surface area (Å²) in [6, 6.07) is 12.3. The molecule has 2 heterocycles. The van der Waals surface area contributed by atoms with E-state index in [1.54, 1.807) is 0 Å². The van der Waals surface area contributed by atoms with Gasteiger partial charge in [-0.05, 0) is 64.4 Å². The summed E-state index contributed by atoms with van der Waals surface area (Å²) in [6.45, 7) is 3.43. The van der Waals surface area contributed by atoms with Crippen molar-refractivity contribution in [2.24, 2.45) is 0 Å². The Morgan fingerprint density at radius 2 is 1.96 bits per heavy atom. The van der Waals surface area contributed by atoms with Crippen LogP contribution in [0.4, 0.5) is 10.5 Å². The summed E-state index contributed by atoms with van der Waals surface area (Å²) < 4.78 is 0.847. The summed E-state index contributed by atoms with van der Waals surface area (Å²) in [4.78, 5) is 20.9. The maximum Gasteiger partial charge on any atom is 0.322 e. The highest BCUT2D eigenvalue weighted by atomic mass is 79.9. The first kappa shape index (κ1) is 18.8. The predicted octanol–water partition coefficient (Wildman–Crippen LogP) is 5.50. The summed E-state index contributed by atoms with van der Waals surface area (Å²) in [5.41, 5.74) is 3.21. The second-order valence-electron chi connectivity index (χ2n) is 7.31. The van der Waals surface area contributed by atoms with Crippen LogP contribution in [0.1, 0.15) is 43.9 Å². The van der Waals surface area contributed by atoms with Crippen molar-refractivity contribution in [3.05, 3.63) is 52.3 Å². The van der Waals surface area contributed by atoms with E-state index in [4.69, 9.17) is 4.98 Å². The molecule has 1 saturated carbocycles. The number of amides is 2. The van der Waals surface area contributed by atoms with E-state index in [0.717, 1.165) is 46.7 Å². The van der Waals surface area contributed by atoms with Crippen LogP contribution >= 0.6 is 27.7 Å². The van der Waals surface area contributed by atoms with Crippen molar-refractivity contribution in [1.29, 1.82) is 0 Å². The van der Waals surface area contributed by atoms with Crippen LogP contribution in [0.15, 0.2) is 45.9 Å². The van der Waals surface area contributed by atoms with Crippen molar-refractivity contribution in [3.63, 3.8) is 0 Å². The third-order valence-electron chi connectivity index (χ3n) is 5.58. The number of fused-ring (bicyclic) bond motifs is 2. The minimum absolute atomic E-state index is 0.0313. The zero-order valence-corrected chi connectivity index (χ0v) is 17.9.